The highest BCUT2D eigenvalue weighted by atomic mass is 79.9. The molecule has 0 saturated carbocycles. The molecule has 2 nitrogen and oxygen atoms in total. The second-order valence-electron chi connectivity index (χ2n) is 4.01. The molecule has 0 aliphatic heterocycles. The molecule has 0 aliphatic carbocycles. The summed E-state index contributed by atoms with van der Waals surface area (Å²) < 4.78 is 3.12. The number of hydrogen-bond donors (Lipinski definition) is 1. The lowest BCUT2D eigenvalue weighted by Gasteiger charge is -1.99. The van der Waals surface area contributed by atoms with Gasteiger partial charge in [0.05, 0.1) is 14.6 Å². The average molecular weight is 374 g/mol. The van der Waals surface area contributed by atoms with Crippen molar-refractivity contribution in [1.29, 1.82) is 0 Å². The number of thiazole rings is 1. The summed E-state index contributed by atoms with van der Waals surface area (Å²) in [5, 5.41) is 4.34. The predicted molar refractivity (Wildman–Crippen MR) is 88.8 cm³/mol. The number of aromatic nitrogens is 1. The monoisotopic (exact) mass is 372 g/mol. The van der Waals surface area contributed by atoms with Crippen molar-refractivity contribution in [2.45, 2.75) is 6.42 Å². The molecule has 6 heteroatoms. The van der Waals surface area contributed by atoms with Crippen LogP contribution >= 0.6 is 50.2 Å². The van der Waals surface area contributed by atoms with Gasteiger partial charge in [-0.05, 0) is 36.8 Å². The Morgan fingerprint density at radius 3 is 2.89 bits per heavy atom. The first-order valence-corrected chi connectivity index (χ1v) is 8.55. The highest BCUT2D eigenvalue weighted by Gasteiger charge is 2.04. The van der Waals surface area contributed by atoms with E-state index in [1.807, 2.05) is 18.2 Å². The third kappa shape index (κ3) is 3.28. The Morgan fingerprint density at radius 2 is 2.11 bits per heavy atom. The number of rotatable bonds is 4. The Hall–Kier alpha value is -0.620. The lowest BCUT2D eigenvalue weighted by Crippen LogP contribution is -2.03. The first-order chi connectivity index (χ1) is 9.20. The summed E-state index contributed by atoms with van der Waals surface area (Å²) in [5.74, 6) is 0. The van der Waals surface area contributed by atoms with Crippen LogP contribution in [-0.4, -0.2) is 11.5 Å². The van der Waals surface area contributed by atoms with E-state index >= 15 is 0 Å². The van der Waals surface area contributed by atoms with Crippen LogP contribution in [0.3, 0.4) is 0 Å². The second kappa shape index (κ2) is 5.79. The van der Waals surface area contributed by atoms with Crippen molar-refractivity contribution in [2.24, 2.45) is 0 Å². The van der Waals surface area contributed by atoms with Crippen LogP contribution in [0.2, 0.25) is 4.34 Å². The van der Waals surface area contributed by atoms with E-state index in [4.69, 9.17) is 11.6 Å². The van der Waals surface area contributed by atoms with Crippen molar-refractivity contribution < 1.29 is 0 Å². The molecule has 19 heavy (non-hydrogen) atoms. The fraction of sp³-hybridized carbons (Fsp3) is 0.154. The average Bonchev–Trinajstić information content (AvgIpc) is 2.95. The van der Waals surface area contributed by atoms with Gasteiger partial charge in [0, 0.05) is 15.9 Å². The zero-order valence-corrected chi connectivity index (χ0v) is 13.8. The molecule has 0 atom stereocenters. The number of thiophene rings is 1. The van der Waals surface area contributed by atoms with Crippen molar-refractivity contribution in [3.8, 4) is 0 Å². The van der Waals surface area contributed by atoms with Crippen LogP contribution < -0.4 is 5.32 Å². The number of hydrogen-bond acceptors (Lipinski definition) is 4. The van der Waals surface area contributed by atoms with Crippen LogP contribution in [0.4, 0.5) is 5.13 Å². The molecule has 0 amide bonds. The van der Waals surface area contributed by atoms with E-state index in [1.54, 1.807) is 22.7 Å². The van der Waals surface area contributed by atoms with Crippen LogP contribution in [0.25, 0.3) is 10.2 Å². The van der Waals surface area contributed by atoms with Crippen molar-refractivity contribution in [1.82, 2.24) is 4.98 Å². The molecule has 0 bridgehead atoms. The maximum absolute atomic E-state index is 5.91. The molecule has 98 valence electrons. The summed E-state index contributed by atoms with van der Waals surface area (Å²) in [6, 6.07) is 10.2. The summed E-state index contributed by atoms with van der Waals surface area (Å²) in [6.45, 7) is 0.873. The maximum Gasteiger partial charge on any atom is 0.183 e. The quantitative estimate of drug-likeness (QED) is 0.659. The van der Waals surface area contributed by atoms with Gasteiger partial charge in [-0.15, -0.1) is 11.3 Å². The molecule has 0 unspecified atom stereocenters. The van der Waals surface area contributed by atoms with Gasteiger partial charge in [-0.2, -0.15) is 0 Å². The van der Waals surface area contributed by atoms with E-state index in [2.05, 4.69) is 38.4 Å². The van der Waals surface area contributed by atoms with E-state index in [0.29, 0.717) is 0 Å². The van der Waals surface area contributed by atoms with Gasteiger partial charge >= 0.3 is 0 Å². The molecule has 3 aromatic rings. The van der Waals surface area contributed by atoms with Gasteiger partial charge in [0.1, 0.15) is 0 Å². The molecule has 0 aliphatic rings. The van der Waals surface area contributed by atoms with Gasteiger partial charge < -0.3 is 5.32 Å². The third-order valence-electron chi connectivity index (χ3n) is 2.63. The minimum atomic E-state index is 0.847. The van der Waals surface area contributed by atoms with Gasteiger partial charge in [0.15, 0.2) is 5.13 Å². The standard InChI is InChI=1S/C13H10BrClN2S2/c14-8-1-3-10-11(7-8)19-13(17-10)16-6-5-9-2-4-12(15)18-9/h1-4,7H,5-6H2,(H,16,17). The molecule has 0 spiro atoms. The van der Waals surface area contributed by atoms with Gasteiger partial charge in [-0.3, -0.25) is 0 Å². The van der Waals surface area contributed by atoms with Crippen LogP contribution in [0, 0.1) is 0 Å². The third-order valence-corrected chi connectivity index (χ3v) is 5.39. The Morgan fingerprint density at radius 1 is 1.21 bits per heavy atom. The fourth-order valence-electron chi connectivity index (χ4n) is 1.75. The predicted octanol–water partition coefficient (Wildman–Crippen LogP) is 5.43. The molecular weight excluding hydrogens is 364 g/mol. The van der Waals surface area contributed by atoms with E-state index in [1.165, 1.54) is 9.58 Å². The van der Waals surface area contributed by atoms with Crippen LogP contribution in [0.1, 0.15) is 4.88 Å². The first kappa shape index (κ1) is 13.4. The van der Waals surface area contributed by atoms with Crippen LogP contribution in [0.5, 0.6) is 0 Å². The number of nitrogens with one attached hydrogen (secondary N) is 1. The number of halogens is 2. The summed E-state index contributed by atoms with van der Waals surface area (Å²) in [7, 11) is 0. The minimum Gasteiger partial charge on any atom is -0.361 e. The summed E-state index contributed by atoms with van der Waals surface area (Å²) >= 11 is 12.7. The molecule has 1 N–H and O–H groups in total. The molecule has 2 heterocycles. The van der Waals surface area contributed by atoms with Crippen molar-refractivity contribution in [2.75, 3.05) is 11.9 Å². The zero-order valence-electron chi connectivity index (χ0n) is 9.82. The maximum atomic E-state index is 5.91. The van der Waals surface area contributed by atoms with Gasteiger partial charge in [-0.25, -0.2) is 4.98 Å². The van der Waals surface area contributed by atoms with Crippen LogP contribution in [-0.2, 0) is 6.42 Å². The highest BCUT2D eigenvalue weighted by Crippen LogP contribution is 2.28. The van der Waals surface area contributed by atoms with Gasteiger partial charge in [0.25, 0.3) is 0 Å². The first-order valence-electron chi connectivity index (χ1n) is 5.75. The molecule has 0 saturated heterocycles. The molecule has 0 radical (unpaired) electrons. The summed E-state index contributed by atoms with van der Waals surface area (Å²) in [5.41, 5.74) is 1.04. The Kier molecular flexibility index (Phi) is 4.07. The molecule has 0 fully saturated rings. The summed E-state index contributed by atoms with van der Waals surface area (Å²) in [6.07, 6.45) is 0.969. The zero-order chi connectivity index (χ0) is 13.2. The van der Waals surface area contributed by atoms with Crippen LogP contribution in [0.15, 0.2) is 34.8 Å². The fourth-order valence-corrected chi connectivity index (χ4v) is 4.28. The lowest BCUT2D eigenvalue weighted by molar-refractivity contribution is 1.04. The second-order valence-corrected chi connectivity index (χ2v) is 7.76. The van der Waals surface area contributed by atoms with Gasteiger partial charge in [-0.1, -0.05) is 38.9 Å². The van der Waals surface area contributed by atoms with E-state index in [0.717, 1.165) is 32.4 Å². The number of anilines is 1. The molecule has 1 aromatic carbocycles. The van der Waals surface area contributed by atoms with Crippen molar-refractivity contribution in [3.63, 3.8) is 0 Å². The van der Waals surface area contributed by atoms with E-state index < -0.39 is 0 Å². The topological polar surface area (TPSA) is 24.9 Å². The number of fused-ring (bicyclic) bond motifs is 1. The minimum absolute atomic E-state index is 0.847. The molecule has 3 rings (SSSR count). The Labute approximate surface area is 132 Å². The number of nitrogens with zero attached hydrogens (tertiary/aromatic N) is 1. The lowest BCUT2D eigenvalue weighted by atomic mass is 10.3. The van der Waals surface area contributed by atoms with E-state index in [9.17, 15) is 0 Å². The van der Waals surface area contributed by atoms with Gasteiger partial charge in [0.2, 0.25) is 0 Å². The Balaban J connectivity index is 1.65. The van der Waals surface area contributed by atoms with Crippen molar-refractivity contribution in [3.05, 3.63) is 44.0 Å². The SMILES string of the molecule is Clc1ccc(CCNc2nc3ccc(Br)cc3s2)s1. The Bertz CT molecular complexity index is 708. The number of benzene rings is 1. The normalized spacial score (nSPS) is 11.1. The van der Waals surface area contributed by atoms with Crippen molar-refractivity contribution >= 4 is 65.6 Å². The largest absolute Gasteiger partial charge is 0.361 e. The summed E-state index contributed by atoms with van der Waals surface area (Å²) in [4.78, 5) is 5.85. The highest BCUT2D eigenvalue weighted by molar-refractivity contribution is 9.10. The van der Waals surface area contributed by atoms with E-state index in [-0.39, 0.29) is 0 Å². The molecule has 2 aromatic heterocycles. The molecular formula is C13H10BrClN2S2. The smallest absolute Gasteiger partial charge is 0.183 e.